The second kappa shape index (κ2) is 6.85. The Morgan fingerprint density at radius 3 is 2.33 bits per heavy atom. The first-order valence-corrected chi connectivity index (χ1v) is 8.52. The fourth-order valence-electron chi connectivity index (χ4n) is 2.34. The monoisotopic (exact) mass is 316 g/mol. The van der Waals surface area contributed by atoms with Crippen LogP contribution in [0.1, 0.15) is 38.3 Å². The highest BCUT2D eigenvalue weighted by Gasteiger charge is 2.27. The molecule has 6 heteroatoms. The Balaban J connectivity index is 3.22. The Morgan fingerprint density at radius 1 is 1.29 bits per heavy atom. The quantitative estimate of drug-likeness (QED) is 0.877. The van der Waals surface area contributed by atoms with Crippen LogP contribution in [0.15, 0.2) is 17.0 Å². The van der Waals surface area contributed by atoms with Crippen LogP contribution in [0, 0.1) is 18.7 Å². The summed E-state index contributed by atoms with van der Waals surface area (Å²) in [6.45, 7) is 7.49. The number of benzene rings is 1. The van der Waals surface area contributed by atoms with E-state index in [1.807, 2.05) is 20.8 Å². The Hall–Kier alpha value is -0.980. The summed E-state index contributed by atoms with van der Waals surface area (Å²) < 4.78 is 40.5. The molecule has 1 rings (SSSR count). The molecule has 0 aromatic heterocycles. The van der Waals surface area contributed by atoms with Crippen LogP contribution < -0.4 is 5.73 Å². The van der Waals surface area contributed by atoms with E-state index < -0.39 is 15.8 Å². The molecular formula is C15H25FN2O2S. The lowest BCUT2D eigenvalue weighted by Crippen LogP contribution is -2.36. The maximum atomic E-state index is 13.8. The molecule has 0 heterocycles. The number of nitrogens with two attached hydrogens (primary N) is 1. The van der Waals surface area contributed by atoms with Gasteiger partial charge in [0.15, 0.2) is 0 Å². The lowest BCUT2D eigenvalue weighted by Gasteiger charge is -2.26. The van der Waals surface area contributed by atoms with Gasteiger partial charge in [0.25, 0.3) is 0 Å². The molecule has 0 aliphatic rings. The number of aryl methyl sites for hydroxylation is 1. The van der Waals surface area contributed by atoms with E-state index in [9.17, 15) is 12.8 Å². The van der Waals surface area contributed by atoms with E-state index in [2.05, 4.69) is 0 Å². The molecule has 21 heavy (non-hydrogen) atoms. The molecule has 120 valence electrons. The molecule has 0 aliphatic carbocycles. The van der Waals surface area contributed by atoms with Crippen LogP contribution in [0.4, 0.5) is 4.39 Å². The summed E-state index contributed by atoms with van der Waals surface area (Å²) in [6.07, 6.45) is 0.764. The molecule has 0 saturated carbocycles. The Labute approximate surface area is 127 Å². The summed E-state index contributed by atoms with van der Waals surface area (Å²) in [5.41, 5.74) is 6.00. The topological polar surface area (TPSA) is 63.4 Å². The van der Waals surface area contributed by atoms with E-state index in [1.54, 1.807) is 14.0 Å². The second-order valence-corrected chi connectivity index (χ2v) is 7.91. The van der Waals surface area contributed by atoms with E-state index in [4.69, 9.17) is 5.73 Å². The van der Waals surface area contributed by atoms with Gasteiger partial charge in [-0.05, 0) is 43.9 Å². The molecule has 0 saturated heterocycles. The molecule has 0 radical (unpaired) electrons. The zero-order chi connectivity index (χ0) is 16.4. The maximum absolute atomic E-state index is 13.8. The van der Waals surface area contributed by atoms with Gasteiger partial charge in [0.05, 0.1) is 4.90 Å². The zero-order valence-corrected chi connectivity index (χ0v) is 14.2. The largest absolute Gasteiger partial charge is 0.326 e. The third-order valence-corrected chi connectivity index (χ3v) is 5.58. The van der Waals surface area contributed by atoms with Gasteiger partial charge < -0.3 is 5.73 Å². The van der Waals surface area contributed by atoms with Crippen molar-refractivity contribution in [3.05, 3.63) is 29.1 Å². The molecule has 1 atom stereocenters. The third-order valence-electron chi connectivity index (χ3n) is 3.63. The molecule has 1 aromatic rings. The van der Waals surface area contributed by atoms with Crippen molar-refractivity contribution in [2.75, 3.05) is 7.05 Å². The van der Waals surface area contributed by atoms with Gasteiger partial charge >= 0.3 is 0 Å². The molecule has 0 spiro atoms. The number of rotatable bonds is 6. The Morgan fingerprint density at radius 2 is 1.86 bits per heavy atom. The number of halogens is 1. The first kappa shape index (κ1) is 18.1. The predicted octanol–water partition coefficient (Wildman–Crippen LogP) is 2.65. The number of hydrogen-bond acceptors (Lipinski definition) is 3. The first-order valence-electron chi connectivity index (χ1n) is 7.08. The normalized spacial score (nSPS) is 14.0. The minimum Gasteiger partial charge on any atom is -0.326 e. The van der Waals surface area contributed by atoms with Gasteiger partial charge in [-0.1, -0.05) is 13.8 Å². The van der Waals surface area contributed by atoms with Crippen LogP contribution >= 0.6 is 0 Å². The van der Waals surface area contributed by atoms with Crippen LogP contribution in [0.2, 0.25) is 0 Å². The molecule has 0 fully saturated rings. The number of sulfonamides is 1. The highest BCUT2D eigenvalue weighted by Crippen LogP contribution is 2.24. The standard InChI is InChI=1S/C15H25FN2O2S/c1-10(2)6-12(4)18(5)21(19,20)14-7-11(3)15(16)13(8-14)9-17/h7-8,10,12H,6,9,17H2,1-5H3. The SMILES string of the molecule is Cc1cc(S(=O)(=O)N(C)C(C)CC(C)C)cc(CN)c1F. The summed E-state index contributed by atoms with van der Waals surface area (Å²) in [5.74, 6) is -0.0402. The van der Waals surface area contributed by atoms with Crippen molar-refractivity contribution < 1.29 is 12.8 Å². The third kappa shape index (κ3) is 4.02. The van der Waals surface area contributed by atoms with Crippen LogP contribution in [0.3, 0.4) is 0 Å². The molecule has 2 N–H and O–H groups in total. The minimum absolute atomic E-state index is 0.0265. The smallest absolute Gasteiger partial charge is 0.243 e. The van der Waals surface area contributed by atoms with Crippen molar-refractivity contribution in [1.82, 2.24) is 4.31 Å². The average molecular weight is 316 g/mol. The molecule has 0 bridgehead atoms. The van der Waals surface area contributed by atoms with E-state index in [-0.39, 0.29) is 23.0 Å². The van der Waals surface area contributed by atoms with Gasteiger partial charge in [-0.25, -0.2) is 12.8 Å². The van der Waals surface area contributed by atoms with Crippen molar-refractivity contribution in [2.24, 2.45) is 11.7 Å². The summed E-state index contributed by atoms with van der Waals surface area (Å²) in [6, 6.07) is 2.57. The molecule has 0 aliphatic heterocycles. The predicted molar refractivity (Wildman–Crippen MR) is 82.9 cm³/mol. The van der Waals surface area contributed by atoms with Gasteiger partial charge in [0, 0.05) is 25.2 Å². The number of nitrogens with zero attached hydrogens (tertiary/aromatic N) is 1. The van der Waals surface area contributed by atoms with Gasteiger partial charge in [-0.2, -0.15) is 4.31 Å². The van der Waals surface area contributed by atoms with Crippen LogP contribution in [0.25, 0.3) is 0 Å². The van der Waals surface area contributed by atoms with Gasteiger partial charge in [-0.15, -0.1) is 0 Å². The van der Waals surface area contributed by atoms with Gasteiger partial charge in [0.1, 0.15) is 5.82 Å². The highest BCUT2D eigenvalue weighted by molar-refractivity contribution is 7.89. The molecule has 1 unspecified atom stereocenters. The Kier molecular flexibility index (Phi) is 5.90. The second-order valence-electron chi connectivity index (χ2n) is 5.92. The summed E-state index contributed by atoms with van der Waals surface area (Å²) in [5, 5.41) is 0. The fraction of sp³-hybridized carbons (Fsp3) is 0.600. The summed E-state index contributed by atoms with van der Waals surface area (Å²) >= 11 is 0. The molecule has 0 amide bonds. The van der Waals surface area contributed by atoms with Gasteiger partial charge in [-0.3, -0.25) is 0 Å². The number of hydrogen-bond donors (Lipinski definition) is 1. The molecule has 1 aromatic carbocycles. The zero-order valence-electron chi connectivity index (χ0n) is 13.4. The minimum atomic E-state index is -3.64. The van der Waals surface area contributed by atoms with Crippen LogP contribution in [-0.2, 0) is 16.6 Å². The first-order chi connectivity index (χ1) is 9.61. The van der Waals surface area contributed by atoms with E-state index >= 15 is 0 Å². The van der Waals surface area contributed by atoms with Crippen molar-refractivity contribution in [3.63, 3.8) is 0 Å². The van der Waals surface area contributed by atoms with E-state index in [0.717, 1.165) is 6.42 Å². The van der Waals surface area contributed by atoms with Crippen molar-refractivity contribution in [2.45, 2.75) is 51.6 Å². The van der Waals surface area contributed by atoms with Crippen LogP contribution in [-0.4, -0.2) is 25.8 Å². The highest BCUT2D eigenvalue weighted by atomic mass is 32.2. The van der Waals surface area contributed by atoms with E-state index in [1.165, 1.54) is 16.4 Å². The fourth-order valence-corrected chi connectivity index (χ4v) is 3.85. The maximum Gasteiger partial charge on any atom is 0.243 e. The molecular weight excluding hydrogens is 291 g/mol. The molecule has 4 nitrogen and oxygen atoms in total. The summed E-state index contributed by atoms with van der Waals surface area (Å²) in [4.78, 5) is 0.0972. The van der Waals surface area contributed by atoms with Crippen molar-refractivity contribution in [1.29, 1.82) is 0 Å². The lowest BCUT2D eigenvalue weighted by molar-refractivity contribution is 0.337. The van der Waals surface area contributed by atoms with Crippen LogP contribution in [0.5, 0.6) is 0 Å². The summed E-state index contributed by atoms with van der Waals surface area (Å²) in [7, 11) is -2.09. The van der Waals surface area contributed by atoms with Crippen molar-refractivity contribution >= 4 is 10.0 Å². The van der Waals surface area contributed by atoms with E-state index in [0.29, 0.717) is 11.5 Å². The van der Waals surface area contributed by atoms with Gasteiger partial charge in [0.2, 0.25) is 10.0 Å². The van der Waals surface area contributed by atoms with Crippen molar-refractivity contribution in [3.8, 4) is 0 Å². The average Bonchev–Trinajstić information content (AvgIpc) is 2.39. The Bertz CT molecular complexity index is 600. The lowest BCUT2D eigenvalue weighted by atomic mass is 10.1.